The van der Waals surface area contributed by atoms with Gasteiger partial charge in [-0.25, -0.2) is 0 Å². The van der Waals surface area contributed by atoms with Gasteiger partial charge in [-0.15, -0.1) is 0 Å². The molecular formula is C48H60N4O8. The second-order valence-corrected chi connectivity index (χ2v) is 15.2. The van der Waals surface area contributed by atoms with E-state index in [0.29, 0.717) is 78.8 Å². The summed E-state index contributed by atoms with van der Waals surface area (Å²) in [5.41, 5.74) is 7.29. The maximum atomic E-state index is 13.7. The fraction of sp³-hybridized carbons (Fsp3) is 0.417. The monoisotopic (exact) mass is 820 g/mol. The highest BCUT2D eigenvalue weighted by molar-refractivity contribution is 5.81. The van der Waals surface area contributed by atoms with Gasteiger partial charge in [0.2, 0.25) is 23.6 Å². The number of methoxy groups -OCH3 is 4. The van der Waals surface area contributed by atoms with Crippen molar-refractivity contribution in [2.75, 3.05) is 81.0 Å². The summed E-state index contributed by atoms with van der Waals surface area (Å²) < 4.78 is 21.4. The van der Waals surface area contributed by atoms with Crippen LogP contribution in [0.2, 0.25) is 0 Å². The molecule has 0 saturated carbocycles. The van der Waals surface area contributed by atoms with Gasteiger partial charge in [0.05, 0.1) is 52.1 Å². The molecule has 0 N–H and O–H groups in total. The summed E-state index contributed by atoms with van der Waals surface area (Å²) in [7, 11) is 6.48. The SMILES string of the molecule is COCCN1Cc2ccc(cc2)CC(=O)N(CCOC)Cc2ccc(cc2)CC(=O)N(CCOC)Cc2ccc(cc2)CC(=O)N(CCOC)Cc2ccc(cc2)CC1=O. The number of carbonyl (C=O) groups is 4. The predicted molar refractivity (Wildman–Crippen MR) is 230 cm³/mol. The number of amides is 4. The molecule has 0 unspecified atom stereocenters. The molecule has 12 heteroatoms. The van der Waals surface area contributed by atoms with E-state index in [2.05, 4.69) is 0 Å². The number of rotatable bonds is 12. The van der Waals surface area contributed by atoms with E-state index < -0.39 is 0 Å². The summed E-state index contributed by atoms with van der Waals surface area (Å²) in [6, 6.07) is 31.3. The Morgan fingerprint density at radius 1 is 0.317 bits per heavy atom. The molecule has 0 spiro atoms. The number of carbonyl (C=O) groups excluding carboxylic acids is 4. The summed E-state index contributed by atoms with van der Waals surface area (Å²) in [6.45, 7) is 4.96. The Kier molecular flexibility index (Phi) is 18.3. The first-order chi connectivity index (χ1) is 29.2. The molecule has 0 aromatic heterocycles. The van der Waals surface area contributed by atoms with Crippen LogP contribution in [0, 0.1) is 0 Å². The van der Waals surface area contributed by atoms with Crippen molar-refractivity contribution < 1.29 is 38.1 Å². The zero-order valence-corrected chi connectivity index (χ0v) is 35.6. The molecule has 4 amide bonds. The Morgan fingerprint density at radius 3 is 0.650 bits per heavy atom. The summed E-state index contributed by atoms with van der Waals surface area (Å²) >= 11 is 0. The van der Waals surface area contributed by atoms with Crippen molar-refractivity contribution in [1.29, 1.82) is 0 Å². The number of ether oxygens (including phenoxy) is 4. The molecule has 60 heavy (non-hydrogen) atoms. The van der Waals surface area contributed by atoms with E-state index >= 15 is 0 Å². The molecular weight excluding hydrogens is 761 g/mol. The average molecular weight is 821 g/mol. The third-order valence-electron chi connectivity index (χ3n) is 10.7. The summed E-state index contributed by atoms with van der Waals surface area (Å²) in [4.78, 5) is 61.8. The maximum Gasteiger partial charge on any atom is 0.227 e. The lowest BCUT2D eigenvalue weighted by molar-refractivity contribution is -0.132. The van der Waals surface area contributed by atoms with Crippen LogP contribution in [-0.2, 0) is 90.0 Å². The quantitative estimate of drug-likeness (QED) is 0.199. The standard InChI is InChI=1S/C48H60N4O8/c1-57-25-21-49-33-41-13-5-38(6-14-41)30-46(54)51(23-27-59-3)35-43-17-9-40(10-18-43)32-48(56)52(24-28-60-4)36-44-19-11-39(12-20-44)31-47(55)50(22-26-58-2)34-42-15-7-37(8-16-42)29-45(49)53/h5-20H,21-36H2,1-4H3. The molecule has 11 rings (SSSR count). The largest absolute Gasteiger partial charge is 0.383 e. The van der Waals surface area contributed by atoms with Gasteiger partial charge in [-0.1, -0.05) is 97.1 Å². The third-order valence-corrected chi connectivity index (χ3v) is 10.7. The smallest absolute Gasteiger partial charge is 0.227 e. The van der Waals surface area contributed by atoms with Crippen LogP contribution in [-0.4, -0.2) is 124 Å². The summed E-state index contributed by atoms with van der Waals surface area (Å²) in [5.74, 6) is -0.0961. The molecule has 0 aliphatic carbocycles. The van der Waals surface area contributed by atoms with Gasteiger partial charge in [0.1, 0.15) is 0 Å². The van der Waals surface area contributed by atoms with E-state index in [1.165, 1.54) is 0 Å². The second kappa shape index (κ2) is 24.0. The Hall–Kier alpha value is -5.40. The van der Waals surface area contributed by atoms with E-state index in [9.17, 15) is 19.2 Å². The first-order valence-electron chi connectivity index (χ1n) is 20.6. The lowest BCUT2D eigenvalue weighted by atomic mass is 10.0. The molecule has 0 fully saturated rings. The number of hydrogen-bond donors (Lipinski definition) is 0. The Labute approximate surface area is 354 Å². The highest BCUT2D eigenvalue weighted by Gasteiger charge is 2.20. The van der Waals surface area contributed by atoms with Crippen molar-refractivity contribution in [3.63, 3.8) is 0 Å². The van der Waals surface area contributed by atoms with Crippen molar-refractivity contribution in [2.24, 2.45) is 0 Å². The third kappa shape index (κ3) is 14.4. The van der Waals surface area contributed by atoms with E-state index in [0.717, 1.165) is 44.5 Å². The normalized spacial score (nSPS) is 15.3. The van der Waals surface area contributed by atoms with Gasteiger partial charge in [0.15, 0.2) is 0 Å². The molecule has 4 aromatic rings. The highest BCUT2D eigenvalue weighted by atomic mass is 16.5. The van der Waals surface area contributed by atoms with Crippen molar-refractivity contribution in [1.82, 2.24) is 19.6 Å². The van der Waals surface area contributed by atoms with Gasteiger partial charge in [0.25, 0.3) is 0 Å². The second-order valence-electron chi connectivity index (χ2n) is 15.2. The lowest BCUT2D eigenvalue weighted by Crippen LogP contribution is -2.35. The minimum atomic E-state index is -0.0240. The van der Waals surface area contributed by atoms with Gasteiger partial charge in [0, 0.05) is 80.8 Å². The first-order valence-corrected chi connectivity index (χ1v) is 20.6. The molecule has 8 bridgehead atoms. The minimum Gasteiger partial charge on any atom is -0.383 e. The molecule has 7 aliphatic rings. The number of nitrogens with zero attached hydrogens (tertiary/aromatic N) is 4. The average Bonchev–Trinajstić information content (AvgIpc) is 3.25. The van der Waals surface area contributed by atoms with Crippen LogP contribution >= 0.6 is 0 Å². The topological polar surface area (TPSA) is 118 Å². The summed E-state index contributed by atoms with van der Waals surface area (Å²) in [5, 5.41) is 0. The zero-order valence-electron chi connectivity index (χ0n) is 35.6. The molecule has 7 aliphatic heterocycles. The molecule has 12 nitrogen and oxygen atoms in total. The van der Waals surface area contributed by atoms with Crippen LogP contribution in [0.3, 0.4) is 0 Å². The van der Waals surface area contributed by atoms with Crippen LogP contribution < -0.4 is 0 Å². The Bertz CT molecular complexity index is 1670. The Morgan fingerprint density at radius 2 is 0.483 bits per heavy atom. The zero-order chi connectivity index (χ0) is 42.7. The van der Waals surface area contributed by atoms with Gasteiger partial charge in [-0.2, -0.15) is 0 Å². The molecule has 0 atom stereocenters. The molecule has 0 radical (unpaired) electrons. The van der Waals surface area contributed by atoms with Crippen LogP contribution in [0.4, 0.5) is 0 Å². The Balaban J connectivity index is 1.41. The van der Waals surface area contributed by atoms with Crippen molar-refractivity contribution in [3.8, 4) is 0 Å². The van der Waals surface area contributed by atoms with Crippen LogP contribution in [0.1, 0.15) is 44.5 Å². The van der Waals surface area contributed by atoms with Gasteiger partial charge >= 0.3 is 0 Å². The molecule has 4 aromatic carbocycles. The molecule has 0 saturated heterocycles. The van der Waals surface area contributed by atoms with Gasteiger partial charge < -0.3 is 38.5 Å². The van der Waals surface area contributed by atoms with Crippen molar-refractivity contribution in [2.45, 2.75) is 51.9 Å². The predicted octanol–water partition coefficient (Wildman–Crippen LogP) is 4.87. The number of benzene rings is 4. The van der Waals surface area contributed by atoms with E-state index in [4.69, 9.17) is 18.9 Å². The minimum absolute atomic E-state index is 0.0240. The fourth-order valence-electron chi connectivity index (χ4n) is 7.05. The van der Waals surface area contributed by atoms with Crippen LogP contribution in [0.5, 0.6) is 0 Å². The van der Waals surface area contributed by atoms with Crippen LogP contribution in [0.15, 0.2) is 97.1 Å². The fourth-order valence-corrected chi connectivity index (χ4v) is 7.05. The molecule has 7 heterocycles. The van der Waals surface area contributed by atoms with E-state index in [-0.39, 0.29) is 49.3 Å². The maximum absolute atomic E-state index is 13.7. The first kappa shape index (κ1) is 45.7. The van der Waals surface area contributed by atoms with Crippen LogP contribution in [0.25, 0.3) is 0 Å². The van der Waals surface area contributed by atoms with E-state index in [1.54, 1.807) is 48.0 Å². The summed E-state index contributed by atoms with van der Waals surface area (Å²) in [6.07, 6.45) is 0.878. The lowest BCUT2D eigenvalue weighted by Gasteiger charge is -2.25. The number of hydrogen-bond acceptors (Lipinski definition) is 8. The van der Waals surface area contributed by atoms with Crippen molar-refractivity contribution in [3.05, 3.63) is 142 Å². The van der Waals surface area contributed by atoms with Gasteiger partial charge in [-0.05, 0) is 44.5 Å². The van der Waals surface area contributed by atoms with E-state index in [1.807, 2.05) is 97.1 Å². The van der Waals surface area contributed by atoms with Gasteiger partial charge in [-0.3, -0.25) is 19.2 Å². The highest BCUT2D eigenvalue weighted by Crippen LogP contribution is 2.17. The van der Waals surface area contributed by atoms with Crippen molar-refractivity contribution >= 4 is 23.6 Å². The molecule has 320 valence electrons.